The van der Waals surface area contributed by atoms with E-state index >= 15 is 0 Å². The van der Waals surface area contributed by atoms with Crippen LogP contribution < -0.4 is 0 Å². The largest absolute Gasteiger partial charge is 0.464 e. The van der Waals surface area contributed by atoms with Crippen molar-refractivity contribution >= 4 is 16.0 Å². The number of benzene rings is 1. The fourth-order valence-electron chi connectivity index (χ4n) is 1.40. The summed E-state index contributed by atoms with van der Waals surface area (Å²) in [6.07, 6.45) is 0. The molecule has 1 aromatic rings. The first kappa shape index (κ1) is 15.9. The molecule has 20 heavy (non-hydrogen) atoms. The standard InChI is InChI=1S/C13H14FNO4S/c1-4-20(17,18)15(10(2)13(16)19-3)9-11-5-7-12(14)8-6-11/h4-8H,1-2,9H2,3H3. The summed E-state index contributed by atoms with van der Waals surface area (Å²) in [6, 6.07) is 5.20. The van der Waals surface area contributed by atoms with Gasteiger partial charge in [0, 0.05) is 5.41 Å². The summed E-state index contributed by atoms with van der Waals surface area (Å²) in [5.41, 5.74) is 0.138. The van der Waals surface area contributed by atoms with E-state index in [1.807, 2.05) is 0 Å². The molecule has 108 valence electrons. The topological polar surface area (TPSA) is 63.7 Å². The Bertz CT molecular complexity index is 622. The molecular formula is C13H14FNO4S. The zero-order valence-corrected chi connectivity index (χ0v) is 11.7. The second kappa shape index (κ2) is 6.33. The second-order valence-corrected chi connectivity index (χ2v) is 5.59. The summed E-state index contributed by atoms with van der Waals surface area (Å²) in [6.45, 7) is 6.42. The maximum absolute atomic E-state index is 12.8. The fourth-order valence-corrected chi connectivity index (χ4v) is 2.29. The van der Waals surface area contributed by atoms with Crippen molar-refractivity contribution in [3.8, 4) is 0 Å². The van der Waals surface area contributed by atoms with Crippen LogP contribution in [0.25, 0.3) is 0 Å². The summed E-state index contributed by atoms with van der Waals surface area (Å²) in [7, 11) is -2.80. The minimum Gasteiger partial charge on any atom is -0.464 e. The van der Waals surface area contributed by atoms with Gasteiger partial charge in [0.25, 0.3) is 10.0 Å². The number of hydrogen-bond acceptors (Lipinski definition) is 4. The highest BCUT2D eigenvalue weighted by Gasteiger charge is 2.25. The van der Waals surface area contributed by atoms with Gasteiger partial charge >= 0.3 is 5.97 Å². The Kier molecular flexibility index (Phi) is 5.04. The number of sulfonamides is 1. The minimum atomic E-state index is -3.92. The van der Waals surface area contributed by atoms with Crippen LogP contribution in [-0.2, 0) is 26.1 Å². The molecule has 0 atom stereocenters. The van der Waals surface area contributed by atoms with E-state index in [1.54, 1.807) is 0 Å². The van der Waals surface area contributed by atoms with Crippen LogP contribution in [0.2, 0.25) is 0 Å². The van der Waals surface area contributed by atoms with Gasteiger partial charge < -0.3 is 4.74 Å². The Balaban J connectivity index is 3.12. The molecule has 1 aromatic carbocycles. The predicted octanol–water partition coefficient (Wildman–Crippen LogP) is 1.79. The lowest BCUT2D eigenvalue weighted by molar-refractivity contribution is -0.137. The number of halogens is 1. The second-order valence-electron chi connectivity index (χ2n) is 3.78. The van der Waals surface area contributed by atoms with Crippen molar-refractivity contribution in [3.05, 3.63) is 59.9 Å². The zero-order valence-electron chi connectivity index (χ0n) is 10.9. The van der Waals surface area contributed by atoms with Crippen molar-refractivity contribution in [2.24, 2.45) is 0 Å². The highest BCUT2D eigenvalue weighted by atomic mass is 32.2. The van der Waals surface area contributed by atoms with Gasteiger partial charge in [0.2, 0.25) is 0 Å². The van der Waals surface area contributed by atoms with E-state index in [2.05, 4.69) is 17.9 Å². The molecule has 0 bridgehead atoms. The lowest BCUT2D eigenvalue weighted by Crippen LogP contribution is -2.31. The number of methoxy groups -OCH3 is 1. The molecule has 0 radical (unpaired) electrons. The Morgan fingerprint density at radius 1 is 1.40 bits per heavy atom. The van der Waals surface area contributed by atoms with Gasteiger partial charge in [0.05, 0.1) is 13.7 Å². The zero-order chi connectivity index (χ0) is 15.3. The third-order valence-electron chi connectivity index (χ3n) is 2.48. The third kappa shape index (κ3) is 3.67. The quantitative estimate of drug-likeness (QED) is 0.593. The van der Waals surface area contributed by atoms with Crippen LogP contribution in [0.15, 0.2) is 48.5 Å². The molecule has 5 nitrogen and oxygen atoms in total. The van der Waals surface area contributed by atoms with Gasteiger partial charge in [-0.15, -0.1) is 0 Å². The van der Waals surface area contributed by atoms with E-state index in [-0.39, 0.29) is 12.2 Å². The van der Waals surface area contributed by atoms with Gasteiger partial charge in [0.1, 0.15) is 11.5 Å². The first-order valence-corrected chi connectivity index (χ1v) is 6.99. The molecular weight excluding hydrogens is 285 g/mol. The number of ether oxygens (including phenoxy) is 1. The molecule has 0 saturated heterocycles. The molecule has 0 aromatic heterocycles. The van der Waals surface area contributed by atoms with Gasteiger partial charge in [-0.2, -0.15) is 0 Å². The first-order chi connectivity index (χ1) is 9.31. The Labute approximate surface area is 117 Å². The van der Waals surface area contributed by atoms with Crippen LogP contribution in [0.4, 0.5) is 4.39 Å². The van der Waals surface area contributed by atoms with Gasteiger partial charge in [-0.25, -0.2) is 17.6 Å². The minimum absolute atomic E-state index is 0.178. The maximum Gasteiger partial charge on any atom is 0.354 e. The molecule has 0 fully saturated rings. The predicted molar refractivity (Wildman–Crippen MR) is 72.2 cm³/mol. The SMILES string of the molecule is C=CS(=O)(=O)N(Cc1ccc(F)cc1)C(=C)C(=O)OC. The molecule has 0 aliphatic rings. The Morgan fingerprint density at radius 3 is 2.40 bits per heavy atom. The van der Waals surface area contributed by atoms with E-state index in [4.69, 9.17) is 0 Å². The van der Waals surface area contributed by atoms with E-state index in [0.717, 1.165) is 11.4 Å². The van der Waals surface area contributed by atoms with Crippen molar-refractivity contribution in [1.82, 2.24) is 4.31 Å². The van der Waals surface area contributed by atoms with E-state index in [9.17, 15) is 17.6 Å². The molecule has 0 aliphatic carbocycles. The molecule has 0 heterocycles. The lowest BCUT2D eigenvalue weighted by Gasteiger charge is -2.22. The molecule has 0 spiro atoms. The lowest BCUT2D eigenvalue weighted by atomic mass is 10.2. The summed E-state index contributed by atoms with van der Waals surface area (Å²) in [5.74, 6) is -1.32. The molecule has 0 N–H and O–H groups in total. The Hall–Kier alpha value is -2.15. The summed E-state index contributed by atoms with van der Waals surface area (Å²) in [4.78, 5) is 11.4. The van der Waals surface area contributed by atoms with Crippen molar-refractivity contribution in [2.45, 2.75) is 6.54 Å². The highest BCUT2D eigenvalue weighted by Crippen LogP contribution is 2.17. The van der Waals surface area contributed by atoms with Crippen molar-refractivity contribution in [2.75, 3.05) is 7.11 Å². The van der Waals surface area contributed by atoms with Gasteiger partial charge in [-0.1, -0.05) is 25.3 Å². The number of hydrogen-bond donors (Lipinski definition) is 0. The molecule has 0 saturated carbocycles. The van der Waals surface area contributed by atoms with Crippen LogP contribution >= 0.6 is 0 Å². The van der Waals surface area contributed by atoms with E-state index in [1.165, 1.54) is 24.3 Å². The number of nitrogens with zero attached hydrogens (tertiary/aromatic N) is 1. The van der Waals surface area contributed by atoms with Crippen LogP contribution in [0, 0.1) is 5.82 Å². The molecule has 0 unspecified atom stereocenters. The molecule has 7 heteroatoms. The van der Waals surface area contributed by atoms with Gasteiger partial charge in [0.15, 0.2) is 0 Å². The number of rotatable bonds is 6. The molecule has 0 amide bonds. The highest BCUT2D eigenvalue weighted by molar-refractivity contribution is 7.92. The number of esters is 1. The van der Waals surface area contributed by atoms with Crippen molar-refractivity contribution in [1.29, 1.82) is 0 Å². The van der Waals surface area contributed by atoms with E-state index < -0.39 is 21.8 Å². The average molecular weight is 299 g/mol. The molecule has 1 rings (SSSR count). The third-order valence-corrected chi connectivity index (χ3v) is 3.86. The van der Waals surface area contributed by atoms with Gasteiger partial charge in [-0.3, -0.25) is 4.31 Å². The van der Waals surface area contributed by atoms with Crippen molar-refractivity contribution < 1.29 is 22.3 Å². The fraction of sp³-hybridized carbons (Fsp3) is 0.154. The van der Waals surface area contributed by atoms with Crippen LogP contribution in [0.5, 0.6) is 0 Å². The smallest absolute Gasteiger partial charge is 0.354 e. The summed E-state index contributed by atoms with van der Waals surface area (Å²) in [5, 5.41) is 0.699. The maximum atomic E-state index is 12.8. The molecule has 0 aliphatic heterocycles. The van der Waals surface area contributed by atoms with E-state index in [0.29, 0.717) is 11.0 Å². The monoisotopic (exact) mass is 299 g/mol. The average Bonchev–Trinajstić information content (AvgIpc) is 2.44. The first-order valence-electron chi connectivity index (χ1n) is 5.48. The summed E-state index contributed by atoms with van der Waals surface area (Å²) < 4.78 is 41.8. The Morgan fingerprint density at radius 2 is 1.95 bits per heavy atom. The van der Waals surface area contributed by atoms with Crippen LogP contribution in [0.1, 0.15) is 5.56 Å². The summed E-state index contributed by atoms with van der Waals surface area (Å²) >= 11 is 0. The number of carbonyl (C=O) groups is 1. The number of carbonyl (C=O) groups excluding carboxylic acids is 1. The van der Waals surface area contributed by atoms with Crippen LogP contribution in [-0.4, -0.2) is 25.8 Å². The van der Waals surface area contributed by atoms with Gasteiger partial charge in [-0.05, 0) is 17.7 Å². The normalized spacial score (nSPS) is 10.7. The van der Waals surface area contributed by atoms with Crippen LogP contribution in [0.3, 0.4) is 0 Å². The van der Waals surface area contributed by atoms with Crippen molar-refractivity contribution in [3.63, 3.8) is 0 Å².